The molecule has 0 atom stereocenters. The van der Waals surface area contributed by atoms with Gasteiger partial charge in [0, 0.05) is 22.9 Å². The van der Waals surface area contributed by atoms with E-state index in [0.717, 1.165) is 23.5 Å². The maximum absolute atomic E-state index is 13.1. The number of nitrogens with zero attached hydrogens (tertiary/aromatic N) is 2. The van der Waals surface area contributed by atoms with Crippen LogP contribution in [0.2, 0.25) is 0 Å². The first-order valence-corrected chi connectivity index (χ1v) is 11.6. The molecule has 5 rings (SSSR count). The summed E-state index contributed by atoms with van der Waals surface area (Å²) in [6.07, 6.45) is -4.46. The van der Waals surface area contributed by atoms with Crippen molar-refractivity contribution in [2.45, 2.75) is 6.18 Å². The maximum Gasteiger partial charge on any atom is 0.416 e. The molecule has 1 aromatic heterocycles. The zero-order chi connectivity index (χ0) is 26.7. The molecule has 0 saturated heterocycles. The third-order valence-corrected chi connectivity index (χ3v) is 5.82. The number of nitrogen functional groups attached to an aromatic ring is 1. The molecule has 0 radical (unpaired) electrons. The molecule has 5 aromatic rings. The van der Waals surface area contributed by atoms with E-state index in [-0.39, 0.29) is 11.7 Å². The highest BCUT2D eigenvalue weighted by Crippen LogP contribution is 2.32. The van der Waals surface area contributed by atoms with Gasteiger partial charge in [-0.2, -0.15) is 18.3 Å². The highest BCUT2D eigenvalue weighted by atomic mass is 19.4. The molecule has 4 aromatic carbocycles. The minimum atomic E-state index is -4.46. The molecular formula is C29H22F3N5O. The second-order valence-electron chi connectivity index (χ2n) is 8.48. The fraction of sp³-hybridized carbons (Fsp3) is 0.0345. The van der Waals surface area contributed by atoms with E-state index in [1.807, 2.05) is 48.5 Å². The van der Waals surface area contributed by atoms with Gasteiger partial charge in [0.2, 0.25) is 0 Å². The van der Waals surface area contributed by atoms with Crippen LogP contribution in [0, 0.1) is 0 Å². The number of anilines is 4. The summed E-state index contributed by atoms with van der Waals surface area (Å²) in [4.78, 5) is 13.0. The molecule has 0 saturated carbocycles. The van der Waals surface area contributed by atoms with Crippen molar-refractivity contribution in [1.82, 2.24) is 9.78 Å². The molecule has 0 bridgehead atoms. The fourth-order valence-electron chi connectivity index (χ4n) is 3.92. The van der Waals surface area contributed by atoms with Crippen LogP contribution >= 0.6 is 0 Å². The van der Waals surface area contributed by atoms with E-state index in [9.17, 15) is 18.0 Å². The molecule has 1 heterocycles. The number of nitrogens with one attached hydrogen (secondary N) is 2. The number of carbonyl (C=O) groups excluding carboxylic acids is 1. The molecule has 6 nitrogen and oxygen atoms in total. The summed E-state index contributed by atoms with van der Waals surface area (Å²) >= 11 is 0. The average Bonchev–Trinajstić information content (AvgIpc) is 3.31. The number of aromatic nitrogens is 2. The van der Waals surface area contributed by atoms with Crippen LogP contribution in [0.1, 0.15) is 15.9 Å². The summed E-state index contributed by atoms with van der Waals surface area (Å²) in [5.41, 5.74) is 9.16. The summed E-state index contributed by atoms with van der Waals surface area (Å²) in [6, 6.07) is 30.0. The number of alkyl halides is 3. The van der Waals surface area contributed by atoms with Gasteiger partial charge in [0.1, 0.15) is 5.82 Å². The van der Waals surface area contributed by atoms with Crippen LogP contribution < -0.4 is 16.4 Å². The van der Waals surface area contributed by atoms with E-state index in [1.54, 1.807) is 36.4 Å². The largest absolute Gasteiger partial charge is 0.416 e. The lowest BCUT2D eigenvalue weighted by Gasteiger charge is -2.13. The van der Waals surface area contributed by atoms with Gasteiger partial charge in [0.05, 0.1) is 28.3 Å². The molecule has 0 aliphatic heterocycles. The minimum absolute atomic E-state index is 0.246. The predicted octanol–water partition coefficient (Wildman–Crippen LogP) is 7.14. The van der Waals surface area contributed by atoms with Gasteiger partial charge in [0.25, 0.3) is 5.91 Å². The van der Waals surface area contributed by atoms with Crippen molar-refractivity contribution in [3.05, 3.63) is 120 Å². The second-order valence-corrected chi connectivity index (χ2v) is 8.48. The van der Waals surface area contributed by atoms with E-state index in [1.165, 1.54) is 16.8 Å². The van der Waals surface area contributed by atoms with E-state index >= 15 is 0 Å². The molecule has 38 heavy (non-hydrogen) atoms. The van der Waals surface area contributed by atoms with Crippen LogP contribution in [0.25, 0.3) is 16.9 Å². The van der Waals surface area contributed by atoms with Crippen molar-refractivity contribution in [1.29, 1.82) is 0 Å². The summed E-state index contributed by atoms with van der Waals surface area (Å²) in [6.45, 7) is 0. The van der Waals surface area contributed by atoms with Crippen LogP contribution in [0.15, 0.2) is 109 Å². The van der Waals surface area contributed by atoms with Crippen LogP contribution in [0.3, 0.4) is 0 Å². The molecule has 0 aliphatic carbocycles. The van der Waals surface area contributed by atoms with E-state index < -0.39 is 11.7 Å². The van der Waals surface area contributed by atoms with E-state index in [2.05, 4.69) is 15.7 Å². The van der Waals surface area contributed by atoms with Crippen molar-refractivity contribution in [3.63, 3.8) is 0 Å². The number of halogens is 3. The first-order chi connectivity index (χ1) is 18.3. The second kappa shape index (κ2) is 10.1. The first kappa shape index (κ1) is 24.6. The van der Waals surface area contributed by atoms with Crippen LogP contribution in [-0.4, -0.2) is 15.7 Å². The van der Waals surface area contributed by atoms with Gasteiger partial charge in [-0.15, -0.1) is 0 Å². The van der Waals surface area contributed by atoms with Gasteiger partial charge in [0.15, 0.2) is 0 Å². The predicted molar refractivity (Wildman–Crippen MR) is 143 cm³/mol. The van der Waals surface area contributed by atoms with Crippen molar-refractivity contribution >= 4 is 28.8 Å². The highest BCUT2D eigenvalue weighted by Gasteiger charge is 2.30. The lowest BCUT2D eigenvalue weighted by molar-refractivity contribution is -0.137. The molecule has 9 heteroatoms. The molecule has 190 valence electrons. The Kier molecular flexibility index (Phi) is 6.57. The molecule has 0 fully saturated rings. The summed E-state index contributed by atoms with van der Waals surface area (Å²) in [5, 5.41) is 10.6. The van der Waals surface area contributed by atoms with Crippen LogP contribution in [0.5, 0.6) is 0 Å². The van der Waals surface area contributed by atoms with Crippen molar-refractivity contribution in [3.8, 4) is 16.9 Å². The normalized spacial score (nSPS) is 11.2. The van der Waals surface area contributed by atoms with Crippen molar-refractivity contribution < 1.29 is 18.0 Å². The third kappa shape index (κ3) is 5.36. The number of carbonyl (C=O) groups is 1. The molecule has 0 aliphatic rings. The first-order valence-electron chi connectivity index (χ1n) is 11.6. The smallest absolute Gasteiger partial charge is 0.384 e. The minimum Gasteiger partial charge on any atom is -0.384 e. The number of para-hydroxylation sites is 3. The average molecular weight is 514 g/mol. The molecule has 0 unspecified atom stereocenters. The number of hydrogen-bond donors (Lipinski definition) is 3. The summed E-state index contributed by atoms with van der Waals surface area (Å²) in [5.74, 6) is -0.0625. The quantitative estimate of drug-likeness (QED) is 0.225. The van der Waals surface area contributed by atoms with Crippen LogP contribution in [-0.2, 0) is 6.18 Å². The lowest BCUT2D eigenvalue weighted by Crippen LogP contribution is -2.13. The van der Waals surface area contributed by atoms with Crippen molar-refractivity contribution in [2.24, 2.45) is 0 Å². The van der Waals surface area contributed by atoms with Crippen molar-refractivity contribution in [2.75, 3.05) is 16.4 Å². The number of benzene rings is 4. The molecule has 1 amide bonds. The van der Waals surface area contributed by atoms with Gasteiger partial charge in [-0.3, -0.25) is 4.79 Å². The number of amides is 1. The Morgan fingerprint density at radius 3 is 2.18 bits per heavy atom. The Labute approximate surface area is 216 Å². The van der Waals surface area contributed by atoms with Gasteiger partial charge in [-0.25, -0.2) is 4.68 Å². The van der Waals surface area contributed by atoms with E-state index in [0.29, 0.717) is 28.2 Å². The Morgan fingerprint density at radius 2 is 1.47 bits per heavy atom. The Bertz CT molecular complexity index is 1580. The van der Waals surface area contributed by atoms with Gasteiger partial charge >= 0.3 is 6.18 Å². The summed E-state index contributed by atoms with van der Waals surface area (Å²) in [7, 11) is 0. The van der Waals surface area contributed by atoms with Gasteiger partial charge < -0.3 is 16.4 Å². The number of nitrogens with two attached hydrogens (primary N) is 1. The number of rotatable bonds is 6. The Morgan fingerprint density at radius 1 is 0.789 bits per heavy atom. The fourth-order valence-corrected chi connectivity index (χ4v) is 3.92. The lowest BCUT2D eigenvalue weighted by atomic mass is 10.1. The van der Waals surface area contributed by atoms with Gasteiger partial charge in [-0.05, 0) is 60.7 Å². The Balaban J connectivity index is 1.34. The number of hydrogen-bond acceptors (Lipinski definition) is 4. The van der Waals surface area contributed by atoms with E-state index in [4.69, 9.17) is 5.73 Å². The third-order valence-electron chi connectivity index (χ3n) is 5.82. The highest BCUT2D eigenvalue weighted by molar-refractivity contribution is 6.06. The van der Waals surface area contributed by atoms with Gasteiger partial charge in [-0.1, -0.05) is 42.5 Å². The summed E-state index contributed by atoms with van der Waals surface area (Å²) < 4.78 is 40.7. The maximum atomic E-state index is 13.1. The molecule has 4 N–H and O–H groups in total. The van der Waals surface area contributed by atoms with Crippen LogP contribution in [0.4, 0.5) is 36.1 Å². The standard InChI is InChI=1S/C29H22F3N5O/c30-29(31,32)21-8-6-7-20(17-21)26-18-27(33)37(36-26)23-15-13-19(14-16-23)28(38)35-25-12-5-4-11-24(25)34-22-9-2-1-3-10-22/h1-18,34H,33H2,(H,35,38). The zero-order valence-corrected chi connectivity index (χ0v) is 19.9. The topological polar surface area (TPSA) is 85.0 Å². The Hall–Kier alpha value is -5.05. The molecule has 0 spiro atoms. The molecular weight excluding hydrogens is 491 g/mol. The zero-order valence-electron chi connectivity index (χ0n) is 19.9. The SMILES string of the molecule is Nc1cc(-c2cccc(C(F)(F)F)c2)nn1-c1ccc(C(=O)Nc2ccccc2Nc2ccccc2)cc1. The monoisotopic (exact) mass is 513 g/mol.